The third kappa shape index (κ3) is 4.32. The molecule has 1 aliphatic heterocycles. The van der Waals surface area contributed by atoms with Crippen LogP contribution in [0.3, 0.4) is 0 Å². The number of hydrogen-bond donors (Lipinski definition) is 1. The first-order valence-corrected chi connectivity index (χ1v) is 12.9. The average Bonchev–Trinajstić information content (AvgIpc) is 2.86. The van der Waals surface area contributed by atoms with E-state index in [0.717, 1.165) is 5.56 Å². The summed E-state index contributed by atoms with van der Waals surface area (Å²) in [5.41, 5.74) is 1.89. The maximum Gasteiger partial charge on any atom is 0.246 e. The Balaban J connectivity index is 1.81. The molecule has 2 aromatic rings. The van der Waals surface area contributed by atoms with Crippen LogP contribution in [0.4, 0.5) is 0 Å². The molecule has 1 saturated heterocycles. The lowest BCUT2D eigenvalue weighted by molar-refractivity contribution is 0.404. The number of aromatic nitrogens is 2. The first-order chi connectivity index (χ1) is 13.8. The van der Waals surface area contributed by atoms with Crippen molar-refractivity contribution in [3.63, 3.8) is 0 Å². The summed E-state index contributed by atoms with van der Waals surface area (Å²) in [5, 5.41) is 6.69. The normalized spacial score (nSPS) is 17.8. The molecule has 0 radical (unpaired) electrons. The van der Waals surface area contributed by atoms with E-state index in [4.69, 9.17) is 0 Å². The Morgan fingerprint density at radius 1 is 0.867 bits per heavy atom. The molecule has 0 saturated carbocycles. The van der Waals surface area contributed by atoms with Gasteiger partial charge in [0.25, 0.3) is 0 Å². The van der Waals surface area contributed by atoms with Crippen molar-refractivity contribution in [2.45, 2.75) is 56.2 Å². The molecule has 1 aromatic carbocycles. The first kappa shape index (κ1) is 22.9. The van der Waals surface area contributed by atoms with Gasteiger partial charge in [-0.05, 0) is 43.4 Å². The number of rotatable bonds is 4. The Hall–Kier alpha value is -1.75. The van der Waals surface area contributed by atoms with Crippen molar-refractivity contribution in [3.8, 4) is 0 Å². The van der Waals surface area contributed by atoms with E-state index in [-0.39, 0.29) is 41.4 Å². The Kier molecular flexibility index (Phi) is 6.16. The SMILES string of the molecule is Cc1n[nH]c(C)c1S(=O)(=O)N1CCCN(S(=O)(=O)c2ccc(C(C)(C)C)cc2)CC1. The largest absolute Gasteiger partial charge is 0.281 e. The maximum absolute atomic E-state index is 13.1. The second-order valence-electron chi connectivity index (χ2n) is 8.70. The van der Waals surface area contributed by atoms with Gasteiger partial charge in [0.05, 0.1) is 16.3 Å². The summed E-state index contributed by atoms with van der Waals surface area (Å²) in [6, 6.07) is 6.94. The van der Waals surface area contributed by atoms with Crippen LogP contribution in [-0.4, -0.2) is 61.8 Å². The summed E-state index contributed by atoms with van der Waals surface area (Å²) in [6.45, 7) is 10.3. The number of benzene rings is 1. The quantitative estimate of drug-likeness (QED) is 0.764. The summed E-state index contributed by atoms with van der Waals surface area (Å²) >= 11 is 0. The van der Waals surface area contributed by atoms with Crippen molar-refractivity contribution >= 4 is 20.0 Å². The molecule has 166 valence electrons. The van der Waals surface area contributed by atoms with Crippen molar-refractivity contribution in [1.82, 2.24) is 18.8 Å². The number of sulfonamides is 2. The van der Waals surface area contributed by atoms with Gasteiger partial charge in [-0.25, -0.2) is 16.8 Å². The molecule has 10 heteroatoms. The Morgan fingerprint density at radius 3 is 1.87 bits per heavy atom. The summed E-state index contributed by atoms with van der Waals surface area (Å²) in [6.07, 6.45) is 0.425. The highest BCUT2D eigenvalue weighted by Crippen LogP contribution is 2.26. The van der Waals surface area contributed by atoms with Crippen LogP contribution in [0.15, 0.2) is 34.1 Å². The number of H-pyrrole nitrogens is 1. The van der Waals surface area contributed by atoms with Crippen LogP contribution in [0.2, 0.25) is 0 Å². The molecule has 1 N–H and O–H groups in total. The Bertz CT molecular complexity index is 1100. The number of aromatic amines is 1. The highest BCUT2D eigenvalue weighted by Gasteiger charge is 2.34. The van der Waals surface area contributed by atoms with Gasteiger partial charge in [0.15, 0.2) is 0 Å². The highest BCUT2D eigenvalue weighted by atomic mass is 32.2. The fourth-order valence-electron chi connectivity index (χ4n) is 3.68. The van der Waals surface area contributed by atoms with E-state index < -0.39 is 20.0 Å². The zero-order valence-electron chi connectivity index (χ0n) is 18.1. The zero-order valence-corrected chi connectivity index (χ0v) is 19.8. The Labute approximate surface area is 179 Å². The predicted octanol–water partition coefficient (Wildman–Crippen LogP) is 2.41. The number of nitrogens with one attached hydrogen (secondary N) is 1. The topological polar surface area (TPSA) is 103 Å². The van der Waals surface area contributed by atoms with Gasteiger partial charge in [-0.1, -0.05) is 32.9 Å². The van der Waals surface area contributed by atoms with Crippen LogP contribution >= 0.6 is 0 Å². The summed E-state index contributed by atoms with van der Waals surface area (Å²) in [5.74, 6) is 0. The highest BCUT2D eigenvalue weighted by molar-refractivity contribution is 7.89. The van der Waals surface area contributed by atoms with Crippen molar-refractivity contribution in [2.24, 2.45) is 0 Å². The van der Waals surface area contributed by atoms with E-state index in [1.165, 1.54) is 8.61 Å². The average molecular weight is 455 g/mol. The number of hydrogen-bond acceptors (Lipinski definition) is 5. The second-order valence-corrected chi connectivity index (χ2v) is 12.5. The molecular formula is C20H30N4O4S2. The molecule has 0 atom stereocenters. The van der Waals surface area contributed by atoms with Gasteiger partial charge in [0.2, 0.25) is 20.0 Å². The smallest absolute Gasteiger partial charge is 0.246 e. The number of aryl methyl sites for hydroxylation is 2. The lowest BCUT2D eigenvalue weighted by Gasteiger charge is -2.23. The minimum absolute atomic E-state index is 0.0664. The maximum atomic E-state index is 13.1. The lowest BCUT2D eigenvalue weighted by atomic mass is 9.87. The first-order valence-electron chi connectivity index (χ1n) is 9.97. The fourth-order valence-corrected chi connectivity index (χ4v) is 6.95. The summed E-state index contributed by atoms with van der Waals surface area (Å²) in [7, 11) is -7.43. The molecule has 3 rings (SSSR count). The van der Waals surface area contributed by atoms with E-state index in [0.29, 0.717) is 17.8 Å². The van der Waals surface area contributed by atoms with E-state index in [1.54, 1.807) is 26.0 Å². The van der Waals surface area contributed by atoms with Crippen LogP contribution in [0, 0.1) is 13.8 Å². The number of nitrogens with zero attached hydrogens (tertiary/aromatic N) is 3. The van der Waals surface area contributed by atoms with Crippen molar-refractivity contribution in [2.75, 3.05) is 26.2 Å². The molecule has 0 amide bonds. The second kappa shape index (κ2) is 8.07. The summed E-state index contributed by atoms with van der Waals surface area (Å²) in [4.78, 5) is 0.407. The van der Waals surface area contributed by atoms with E-state index >= 15 is 0 Å². The Morgan fingerprint density at radius 2 is 1.40 bits per heavy atom. The van der Waals surface area contributed by atoms with Gasteiger partial charge in [-0.15, -0.1) is 0 Å². The van der Waals surface area contributed by atoms with E-state index in [1.807, 2.05) is 12.1 Å². The van der Waals surface area contributed by atoms with Crippen molar-refractivity contribution in [1.29, 1.82) is 0 Å². The molecule has 0 bridgehead atoms. The third-order valence-corrected chi connectivity index (χ3v) is 9.51. The van der Waals surface area contributed by atoms with Crippen molar-refractivity contribution < 1.29 is 16.8 Å². The van der Waals surface area contributed by atoms with Gasteiger partial charge in [0, 0.05) is 26.2 Å². The molecule has 2 heterocycles. The molecular weight excluding hydrogens is 424 g/mol. The molecule has 1 aliphatic rings. The standard InChI is InChI=1S/C20H30N4O4S2/c1-15-19(16(2)22-21-15)30(27,28)24-12-6-11-23(13-14-24)29(25,26)18-9-7-17(8-10-18)20(3,4)5/h7-10H,6,11-14H2,1-5H3,(H,21,22). The summed E-state index contributed by atoms with van der Waals surface area (Å²) < 4.78 is 55.2. The van der Waals surface area contributed by atoms with Gasteiger partial charge in [-0.2, -0.15) is 13.7 Å². The van der Waals surface area contributed by atoms with Gasteiger partial charge in [-0.3, -0.25) is 5.10 Å². The minimum atomic E-state index is -3.74. The fraction of sp³-hybridized carbons (Fsp3) is 0.550. The van der Waals surface area contributed by atoms with Crippen LogP contribution in [0.25, 0.3) is 0 Å². The molecule has 0 aliphatic carbocycles. The molecule has 0 spiro atoms. The van der Waals surface area contributed by atoms with Gasteiger partial charge >= 0.3 is 0 Å². The molecule has 1 fully saturated rings. The van der Waals surface area contributed by atoms with Crippen molar-refractivity contribution in [3.05, 3.63) is 41.2 Å². The minimum Gasteiger partial charge on any atom is -0.281 e. The third-order valence-electron chi connectivity index (χ3n) is 5.43. The lowest BCUT2D eigenvalue weighted by Crippen LogP contribution is -2.37. The molecule has 8 nitrogen and oxygen atoms in total. The molecule has 1 aromatic heterocycles. The molecule has 30 heavy (non-hydrogen) atoms. The van der Waals surface area contributed by atoms with Crippen LogP contribution < -0.4 is 0 Å². The monoisotopic (exact) mass is 454 g/mol. The predicted molar refractivity (Wildman–Crippen MR) is 115 cm³/mol. The van der Waals surface area contributed by atoms with E-state index in [2.05, 4.69) is 31.0 Å². The van der Waals surface area contributed by atoms with E-state index in [9.17, 15) is 16.8 Å². The molecule has 0 unspecified atom stereocenters. The van der Waals surface area contributed by atoms with Crippen LogP contribution in [0.5, 0.6) is 0 Å². The van der Waals surface area contributed by atoms with Gasteiger partial charge < -0.3 is 0 Å². The van der Waals surface area contributed by atoms with Crippen LogP contribution in [0.1, 0.15) is 44.1 Å². The van der Waals surface area contributed by atoms with Crippen LogP contribution in [-0.2, 0) is 25.5 Å². The zero-order chi connectivity index (χ0) is 22.3. The van der Waals surface area contributed by atoms with Gasteiger partial charge in [0.1, 0.15) is 4.90 Å².